The Hall–Kier alpha value is -2.68. The minimum absolute atomic E-state index is 0.0205. The van der Waals surface area contributed by atoms with E-state index < -0.39 is 0 Å². The van der Waals surface area contributed by atoms with Gasteiger partial charge in [-0.25, -0.2) is 4.79 Å². The van der Waals surface area contributed by atoms with E-state index in [4.69, 9.17) is 4.74 Å². The van der Waals surface area contributed by atoms with E-state index in [1.165, 1.54) is 4.88 Å². The predicted molar refractivity (Wildman–Crippen MR) is 143 cm³/mol. The maximum Gasteiger partial charge on any atom is 0.322 e. The second kappa shape index (κ2) is 12.3. The molecule has 0 radical (unpaired) electrons. The number of para-hydroxylation sites is 1. The monoisotopic (exact) mass is 555 g/mol. The number of nitrogens with zero attached hydrogens (tertiary/aromatic N) is 2. The Labute approximate surface area is 219 Å². The Kier molecular flexibility index (Phi) is 8.95. The Morgan fingerprint density at radius 2 is 1.80 bits per heavy atom. The number of carbonyl (C=O) groups is 2. The van der Waals surface area contributed by atoms with Gasteiger partial charge in [0.25, 0.3) is 0 Å². The number of carbonyl (C=O) groups excluding carboxylic acids is 2. The van der Waals surface area contributed by atoms with E-state index in [2.05, 4.69) is 40.3 Å². The van der Waals surface area contributed by atoms with Crippen LogP contribution in [0.2, 0.25) is 0 Å². The molecule has 1 fully saturated rings. The maximum atomic E-state index is 13.6. The normalized spacial score (nSPS) is 15.1. The van der Waals surface area contributed by atoms with Crippen LogP contribution in [-0.2, 0) is 22.6 Å². The fraction of sp³-hybridized carbons (Fsp3) is 0.333. The van der Waals surface area contributed by atoms with Crippen molar-refractivity contribution in [3.63, 3.8) is 0 Å². The predicted octanol–water partition coefficient (Wildman–Crippen LogP) is 6.06. The summed E-state index contributed by atoms with van der Waals surface area (Å²) < 4.78 is 6.58. The summed E-state index contributed by atoms with van der Waals surface area (Å²) in [6.07, 6.45) is 1.79. The van der Waals surface area contributed by atoms with Gasteiger partial charge in [0.1, 0.15) is 6.54 Å². The number of benzene rings is 2. The van der Waals surface area contributed by atoms with Crippen LogP contribution in [0.15, 0.2) is 71.2 Å². The molecule has 0 spiro atoms. The van der Waals surface area contributed by atoms with Gasteiger partial charge < -0.3 is 19.9 Å². The SMILES string of the molecule is Cc1ccc(CN(Cc2ccccc2)C(=O)CN(CC2CCCO2)C(=O)Nc2ccccc2Br)s1. The summed E-state index contributed by atoms with van der Waals surface area (Å²) in [5, 5.41) is 2.95. The zero-order valence-corrected chi connectivity index (χ0v) is 22.2. The summed E-state index contributed by atoms with van der Waals surface area (Å²) in [5.74, 6) is -0.0971. The third-order valence-corrected chi connectivity index (χ3v) is 7.57. The van der Waals surface area contributed by atoms with Crippen molar-refractivity contribution in [1.29, 1.82) is 0 Å². The minimum Gasteiger partial charge on any atom is -0.376 e. The van der Waals surface area contributed by atoms with Crippen molar-refractivity contribution in [2.75, 3.05) is 25.0 Å². The van der Waals surface area contributed by atoms with E-state index in [1.807, 2.05) is 59.5 Å². The van der Waals surface area contributed by atoms with Crippen LogP contribution in [0.5, 0.6) is 0 Å². The molecule has 6 nitrogen and oxygen atoms in total. The van der Waals surface area contributed by atoms with E-state index in [0.29, 0.717) is 31.9 Å². The molecule has 0 bridgehead atoms. The van der Waals surface area contributed by atoms with E-state index in [9.17, 15) is 9.59 Å². The van der Waals surface area contributed by atoms with Crippen molar-refractivity contribution in [2.24, 2.45) is 0 Å². The molecule has 1 N–H and O–H groups in total. The molecule has 0 aliphatic carbocycles. The zero-order valence-electron chi connectivity index (χ0n) is 19.8. The van der Waals surface area contributed by atoms with Crippen molar-refractivity contribution in [2.45, 2.75) is 39.0 Å². The highest BCUT2D eigenvalue weighted by molar-refractivity contribution is 9.10. The number of rotatable bonds is 9. The Morgan fingerprint density at radius 3 is 2.49 bits per heavy atom. The van der Waals surface area contributed by atoms with E-state index in [-0.39, 0.29) is 24.6 Å². The first-order chi connectivity index (χ1) is 17.0. The number of amides is 3. The lowest BCUT2D eigenvalue weighted by Crippen LogP contribution is -2.46. The number of ether oxygens (including phenoxy) is 1. The van der Waals surface area contributed by atoms with Crippen molar-refractivity contribution in [3.05, 3.63) is 86.5 Å². The third-order valence-electron chi connectivity index (χ3n) is 5.89. The molecular weight excluding hydrogens is 526 g/mol. The molecule has 1 atom stereocenters. The first kappa shape index (κ1) is 25.4. The summed E-state index contributed by atoms with van der Waals surface area (Å²) in [5.41, 5.74) is 1.72. The Morgan fingerprint density at radius 1 is 1.03 bits per heavy atom. The molecule has 3 aromatic rings. The first-order valence-electron chi connectivity index (χ1n) is 11.8. The standard InChI is InChI=1S/C27H30BrN3O3S/c1-20-13-14-23(35-20)18-30(16-21-8-3-2-4-9-21)26(32)19-31(17-22-10-7-15-34-22)27(33)29-25-12-6-5-11-24(25)28/h2-6,8-9,11-14,22H,7,10,15-19H2,1H3,(H,29,33). The van der Waals surface area contributed by atoms with E-state index in [1.54, 1.807) is 16.2 Å². The molecule has 1 saturated heterocycles. The molecule has 2 aromatic carbocycles. The van der Waals surface area contributed by atoms with Crippen LogP contribution < -0.4 is 5.32 Å². The molecule has 2 heterocycles. The second-order valence-electron chi connectivity index (χ2n) is 8.67. The van der Waals surface area contributed by atoms with Gasteiger partial charge in [0, 0.05) is 33.9 Å². The molecule has 1 aliphatic heterocycles. The Balaban J connectivity index is 1.52. The lowest BCUT2D eigenvalue weighted by Gasteiger charge is -2.29. The molecule has 8 heteroatoms. The first-order valence-corrected chi connectivity index (χ1v) is 13.4. The summed E-state index contributed by atoms with van der Waals surface area (Å²) in [6.45, 7) is 4.10. The van der Waals surface area contributed by atoms with Crippen LogP contribution in [-0.4, -0.2) is 47.5 Å². The van der Waals surface area contributed by atoms with Gasteiger partial charge in [0.15, 0.2) is 0 Å². The second-order valence-corrected chi connectivity index (χ2v) is 10.9. The van der Waals surface area contributed by atoms with Crippen molar-refractivity contribution >= 4 is 44.9 Å². The van der Waals surface area contributed by atoms with Gasteiger partial charge in [-0.15, -0.1) is 11.3 Å². The number of aryl methyl sites for hydroxylation is 1. The minimum atomic E-state index is -0.313. The van der Waals surface area contributed by atoms with Crippen LogP contribution >= 0.6 is 27.3 Å². The lowest BCUT2D eigenvalue weighted by atomic mass is 10.2. The molecule has 1 aromatic heterocycles. The molecule has 1 unspecified atom stereocenters. The summed E-state index contributed by atoms with van der Waals surface area (Å²) in [6, 6.07) is 21.2. The van der Waals surface area contributed by atoms with Gasteiger partial charge in [-0.05, 0) is 65.5 Å². The number of urea groups is 1. The average molecular weight is 557 g/mol. The molecular formula is C27H30BrN3O3S. The quantitative estimate of drug-likeness (QED) is 0.349. The largest absolute Gasteiger partial charge is 0.376 e. The highest BCUT2D eigenvalue weighted by atomic mass is 79.9. The van der Waals surface area contributed by atoms with Gasteiger partial charge in [-0.2, -0.15) is 0 Å². The average Bonchev–Trinajstić information content (AvgIpc) is 3.52. The fourth-order valence-electron chi connectivity index (χ4n) is 4.07. The van der Waals surface area contributed by atoms with Gasteiger partial charge >= 0.3 is 6.03 Å². The molecule has 35 heavy (non-hydrogen) atoms. The third kappa shape index (κ3) is 7.40. The van der Waals surface area contributed by atoms with Gasteiger partial charge in [-0.1, -0.05) is 42.5 Å². The van der Waals surface area contributed by atoms with Gasteiger partial charge in [-0.3, -0.25) is 4.79 Å². The highest BCUT2D eigenvalue weighted by Crippen LogP contribution is 2.23. The number of nitrogens with one attached hydrogen (secondary N) is 1. The molecule has 3 amide bonds. The van der Waals surface area contributed by atoms with Crippen LogP contribution in [0.3, 0.4) is 0 Å². The molecule has 1 aliphatic rings. The summed E-state index contributed by atoms with van der Waals surface area (Å²) in [4.78, 5) is 32.7. The molecule has 0 saturated carbocycles. The number of hydrogen-bond acceptors (Lipinski definition) is 4. The highest BCUT2D eigenvalue weighted by Gasteiger charge is 2.27. The van der Waals surface area contributed by atoms with Gasteiger partial charge in [0.2, 0.25) is 5.91 Å². The van der Waals surface area contributed by atoms with Crippen molar-refractivity contribution < 1.29 is 14.3 Å². The smallest absolute Gasteiger partial charge is 0.322 e. The van der Waals surface area contributed by atoms with Crippen molar-refractivity contribution in [1.82, 2.24) is 9.80 Å². The zero-order chi connectivity index (χ0) is 24.6. The lowest BCUT2D eigenvalue weighted by molar-refractivity contribution is -0.133. The van der Waals surface area contributed by atoms with Crippen LogP contribution in [0, 0.1) is 6.92 Å². The van der Waals surface area contributed by atoms with Crippen LogP contribution in [0.25, 0.3) is 0 Å². The van der Waals surface area contributed by atoms with Gasteiger partial charge in [0.05, 0.1) is 18.3 Å². The number of halogens is 1. The Bertz CT molecular complexity index is 1130. The summed E-state index contributed by atoms with van der Waals surface area (Å²) >= 11 is 5.17. The topological polar surface area (TPSA) is 61.9 Å². The van der Waals surface area contributed by atoms with Crippen molar-refractivity contribution in [3.8, 4) is 0 Å². The maximum absolute atomic E-state index is 13.6. The molecule has 184 valence electrons. The molecule has 4 rings (SSSR count). The van der Waals surface area contributed by atoms with Crippen LogP contribution in [0.4, 0.5) is 10.5 Å². The number of anilines is 1. The van der Waals surface area contributed by atoms with E-state index >= 15 is 0 Å². The summed E-state index contributed by atoms with van der Waals surface area (Å²) in [7, 11) is 0. The number of hydrogen-bond donors (Lipinski definition) is 1. The van der Waals surface area contributed by atoms with E-state index in [0.717, 1.165) is 27.8 Å². The van der Waals surface area contributed by atoms with Crippen LogP contribution in [0.1, 0.15) is 28.2 Å². The fourth-order valence-corrected chi connectivity index (χ4v) is 5.36. The number of thiophene rings is 1.